The Labute approximate surface area is 206 Å². The summed E-state index contributed by atoms with van der Waals surface area (Å²) in [6.45, 7) is 6.83. The van der Waals surface area contributed by atoms with E-state index in [-0.39, 0.29) is 0 Å². The summed E-state index contributed by atoms with van der Waals surface area (Å²) in [4.78, 5) is 4.44. The number of benzene rings is 3. The van der Waals surface area contributed by atoms with Gasteiger partial charge in [0.15, 0.2) is 0 Å². The van der Waals surface area contributed by atoms with Crippen molar-refractivity contribution in [1.82, 2.24) is 0 Å². The minimum absolute atomic E-state index is 1.18. The molecular weight excluding hydrogens is 495 g/mol. The van der Waals surface area contributed by atoms with E-state index in [0.29, 0.717) is 0 Å². The molecule has 4 heteroatoms. The molecule has 0 N–H and O–H groups in total. The Kier molecular flexibility index (Phi) is 11.0. The molecule has 3 aromatic carbocycles. The van der Waals surface area contributed by atoms with E-state index >= 15 is 0 Å². The number of rotatable bonds is 12. The van der Waals surface area contributed by atoms with Crippen LogP contribution in [0.15, 0.2) is 87.5 Å². The second kappa shape index (κ2) is 13.7. The van der Waals surface area contributed by atoms with Gasteiger partial charge in [0.1, 0.15) is 0 Å². The van der Waals surface area contributed by atoms with E-state index in [1.165, 1.54) is 51.2 Å². The topological polar surface area (TPSA) is 0 Å². The summed E-state index contributed by atoms with van der Waals surface area (Å²) in [5.41, 5.74) is 0. The second-order valence-electron chi connectivity index (χ2n) is 7.28. The first-order valence-electron chi connectivity index (χ1n) is 11.3. The molecule has 0 amide bonds. The fraction of sp³-hybridized carbons (Fsp3) is 0.333. The van der Waals surface area contributed by atoms with Crippen molar-refractivity contribution in [2.75, 3.05) is 17.3 Å². The van der Waals surface area contributed by atoms with Gasteiger partial charge in [-0.15, -0.1) is 0 Å². The molecule has 0 unspecified atom stereocenters. The number of hydrogen-bond acceptors (Lipinski definition) is 3. The second-order valence-corrected chi connectivity index (χ2v) is 15.1. The Bertz CT molecular complexity index is 819. The van der Waals surface area contributed by atoms with Crippen molar-refractivity contribution >= 4 is 63.0 Å². The molecule has 164 valence electrons. The van der Waals surface area contributed by atoms with Crippen LogP contribution in [-0.2, 0) is 0 Å². The summed E-state index contributed by atoms with van der Waals surface area (Å²) < 4.78 is 4.76. The van der Waals surface area contributed by atoms with Crippen LogP contribution in [0.1, 0.15) is 40.0 Å². The van der Waals surface area contributed by atoms with Crippen LogP contribution in [0.3, 0.4) is 0 Å². The molecule has 0 nitrogen and oxygen atoms in total. The van der Waals surface area contributed by atoms with E-state index in [0.717, 1.165) is 0 Å². The SMILES string of the molecule is CCCSc1ccccc1[As](c1ccccc1SCCC)c1ccccc1SCCC. The average molecular weight is 529 g/mol. The van der Waals surface area contributed by atoms with E-state index in [2.05, 4.69) is 93.6 Å². The molecule has 3 aromatic rings. The molecule has 3 rings (SSSR count). The zero-order chi connectivity index (χ0) is 21.9. The van der Waals surface area contributed by atoms with Gasteiger partial charge in [0.05, 0.1) is 0 Å². The van der Waals surface area contributed by atoms with Crippen LogP contribution in [0.4, 0.5) is 0 Å². The van der Waals surface area contributed by atoms with Crippen LogP contribution < -0.4 is 13.1 Å². The van der Waals surface area contributed by atoms with Gasteiger partial charge in [-0.2, -0.15) is 0 Å². The zero-order valence-corrected chi connectivity index (χ0v) is 23.2. The zero-order valence-electron chi connectivity index (χ0n) is 18.8. The van der Waals surface area contributed by atoms with Crippen molar-refractivity contribution in [1.29, 1.82) is 0 Å². The third-order valence-corrected chi connectivity index (χ3v) is 15.0. The molecule has 0 atom stereocenters. The van der Waals surface area contributed by atoms with E-state index in [4.69, 9.17) is 0 Å². The standard InChI is InChI=1S/C27H33AsS3/c1-4-19-29-25-16-10-7-13-22(25)28(23-14-8-11-17-26(23)30-20-5-2)24-15-9-12-18-27(24)31-21-6-3/h7-18H,4-6,19-21H2,1-3H3. The summed E-state index contributed by atoms with van der Waals surface area (Å²) >= 11 is 4.39. The van der Waals surface area contributed by atoms with Gasteiger partial charge in [-0.3, -0.25) is 0 Å². The van der Waals surface area contributed by atoms with Gasteiger partial charge in [-0.25, -0.2) is 0 Å². The first kappa shape index (κ1) is 24.9. The van der Waals surface area contributed by atoms with Crippen molar-refractivity contribution in [2.24, 2.45) is 0 Å². The van der Waals surface area contributed by atoms with Crippen LogP contribution in [0.2, 0.25) is 0 Å². The molecular formula is C27H33AsS3. The fourth-order valence-electron chi connectivity index (χ4n) is 3.32. The molecule has 31 heavy (non-hydrogen) atoms. The molecule has 0 radical (unpaired) electrons. The Hall–Kier alpha value is -0.732. The van der Waals surface area contributed by atoms with Crippen LogP contribution in [0.5, 0.6) is 0 Å². The molecule has 0 heterocycles. The third-order valence-electron chi connectivity index (χ3n) is 4.70. The monoisotopic (exact) mass is 528 g/mol. The summed E-state index contributed by atoms with van der Waals surface area (Å²) in [7, 11) is 0. The molecule has 0 aromatic heterocycles. The number of hydrogen-bond donors (Lipinski definition) is 0. The van der Waals surface area contributed by atoms with Crippen molar-refractivity contribution in [3.8, 4) is 0 Å². The maximum absolute atomic E-state index is 2.42. The molecule has 0 bridgehead atoms. The average Bonchev–Trinajstić information content (AvgIpc) is 2.82. The van der Waals surface area contributed by atoms with Crippen LogP contribution >= 0.6 is 35.3 Å². The summed E-state index contributed by atoms with van der Waals surface area (Å²) in [5, 5.41) is 0. The summed E-state index contributed by atoms with van der Waals surface area (Å²) in [5.74, 6) is 3.53. The molecule has 0 aliphatic carbocycles. The van der Waals surface area contributed by atoms with E-state index in [1.807, 2.05) is 35.3 Å². The Balaban J connectivity index is 2.18. The van der Waals surface area contributed by atoms with Gasteiger partial charge in [-0.1, -0.05) is 0 Å². The van der Waals surface area contributed by atoms with Crippen molar-refractivity contribution in [3.05, 3.63) is 72.8 Å². The molecule has 0 spiro atoms. The predicted octanol–water partition coefficient (Wildman–Crippen LogP) is 6.71. The van der Waals surface area contributed by atoms with Crippen LogP contribution in [0, 0.1) is 0 Å². The normalized spacial score (nSPS) is 11.2. The first-order valence-corrected chi connectivity index (χ1v) is 17.0. The van der Waals surface area contributed by atoms with Crippen molar-refractivity contribution in [3.63, 3.8) is 0 Å². The van der Waals surface area contributed by atoms with E-state index in [1.54, 1.807) is 13.1 Å². The Morgan fingerprint density at radius 3 is 1.06 bits per heavy atom. The van der Waals surface area contributed by atoms with E-state index < -0.39 is 14.7 Å². The van der Waals surface area contributed by atoms with Gasteiger partial charge in [0, 0.05) is 0 Å². The fourth-order valence-corrected chi connectivity index (χ4v) is 13.4. The van der Waals surface area contributed by atoms with Crippen molar-refractivity contribution in [2.45, 2.75) is 54.7 Å². The van der Waals surface area contributed by atoms with Gasteiger partial charge in [0.2, 0.25) is 0 Å². The molecule has 0 saturated heterocycles. The van der Waals surface area contributed by atoms with Crippen LogP contribution in [0.25, 0.3) is 0 Å². The van der Waals surface area contributed by atoms with Crippen LogP contribution in [-0.4, -0.2) is 31.9 Å². The predicted molar refractivity (Wildman–Crippen MR) is 147 cm³/mol. The number of thioether (sulfide) groups is 3. The molecule has 0 saturated carbocycles. The third kappa shape index (κ3) is 6.87. The maximum atomic E-state index is 2.42. The Morgan fingerprint density at radius 2 is 0.774 bits per heavy atom. The van der Waals surface area contributed by atoms with Gasteiger partial charge in [0.25, 0.3) is 0 Å². The molecule has 0 aliphatic heterocycles. The summed E-state index contributed by atoms with van der Waals surface area (Å²) in [6.07, 6.45) is 3.62. The van der Waals surface area contributed by atoms with Gasteiger partial charge in [-0.05, 0) is 0 Å². The minimum atomic E-state index is -1.71. The molecule has 0 aliphatic rings. The Morgan fingerprint density at radius 1 is 0.484 bits per heavy atom. The van der Waals surface area contributed by atoms with Gasteiger partial charge < -0.3 is 0 Å². The summed E-state index contributed by atoms with van der Waals surface area (Å²) in [6, 6.07) is 27.7. The van der Waals surface area contributed by atoms with Crippen molar-refractivity contribution < 1.29 is 0 Å². The quantitative estimate of drug-likeness (QED) is 0.189. The van der Waals surface area contributed by atoms with E-state index in [9.17, 15) is 0 Å². The van der Waals surface area contributed by atoms with Gasteiger partial charge >= 0.3 is 208 Å². The first-order chi connectivity index (χ1) is 15.3. The molecule has 0 fully saturated rings.